The van der Waals surface area contributed by atoms with Crippen molar-refractivity contribution in [1.82, 2.24) is 15.4 Å². The number of benzene rings is 2. The molecule has 2 aromatic rings. The van der Waals surface area contributed by atoms with Crippen LogP contribution in [0.3, 0.4) is 0 Å². The van der Waals surface area contributed by atoms with Crippen molar-refractivity contribution >= 4 is 27.5 Å². The first kappa shape index (κ1) is 17.9. The van der Waals surface area contributed by atoms with E-state index in [4.69, 9.17) is 11.6 Å². The zero-order chi connectivity index (χ0) is 17.9. The lowest BCUT2D eigenvalue weighted by molar-refractivity contribution is -0.122. The zero-order valence-corrected chi connectivity index (χ0v) is 14.9. The molecule has 1 unspecified atom stereocenters. The molecular weight excluding hydrogens is 362 g/mol. The van der Waals surface area contributed by atoms with Crippen LogP contribution in [0.4, 0.5) is 0 Å². The number of hydrogen-bond acceptors (Lipinski definition) is 4. The molecule has 3 N–H and O–H groups in total. The van der Waals surface area contributed by atoms with E-state index in [2.05, 4.69) is 15.4 Å². The second-order valence-electron chi connectivity index (χ2n) is 5.71. The summed E-state index contributed by atoms with van der Waals surface area (Å²) in [6, 6.07) is 13.1. The number of rotatable bonds is 4. The van der Waals surface area contributed by atoms with Crippen LogP contribution in [0, 0.1) is 0 Å². The number of amides is 1. The summed E-state index contributed by atoms with van der Waals surface area (Å²) < 4.78 is 27.9. The number of halogens is 1. The molecule has 1 saturated heterocycles. The van der Waals surface area contributed by atoms with E-state index in [1.54, 1.807) is 12.1 Å². The van der Waals surface area contributed by atoms with Gasteiger partial charge in [-0.3, -0.25) is 4.79 Å². The highest BCUT2D eigenvalue weighted by atomic mass is 35.5. The fraction of sp³-hybridized carbons (Fsp3) is 0.235. The number of nitrogens with one attached hydrogen (secondary N) is 3. The van der Waals surface area contributed by atoms with Crippen LogP contribution in [0.2, 0.25) is 5.02 Å². The van der Waals surface area contributed by atoms with Gasteiger partial charge in [0.1, 0.15) is 6.04 Å². The van der Waals surface area contributed by atoms with Gasteiger partial charge in [-0.05, 0) is 29.3 Å². The number of carbonyl (C=O) groups is 1. The van der Waals surface area contributed by atoms with Gasteiger partial charge in [0.15, 0.2) is 0 Å². The Bertz CT molecular complexity index is 872. The molecule has 1 fully saturated rings. The molecule has 0 bridgehead atoms. The third-order valence-electron chi connectivity index (χ3n) is 3.85. The summed E-state index contributed by atoms with van der Waals surface area (Å²) in [7, 11) is -3.90. The van der Waals surface area contributed by atoms with Crippen molar-refractivity contribution in [2.24, 2.45) is 0 Å². The van der Waals surface area contributed by atoms with Crippen molar-refractivity contribution in [3.05, 3.63) is 53.6 Å². The van der Waals surface area contributed by atoms with E-state index < -0.39 is 16.1 Å². The smallest absolute Gasteiger partial charge is 0.241 e. The molecule has 25 heavy (non-hydrogen) atoms. The molecule has 0 saturated carbocycles. The third kappa shape index (κ3) is 4.38. The number of carbonyl (C=O) groups excluding carboxylic acids is 1. The summed E-state index contributed by atoms with van der Waals surface area (Å²) in [5.74, 6) is -0.348. The normalized spacial score (nSPS) is 18.4. The maximum absolute atomic E-state index is 12.7. The minimum absolute atomic E-state index is 0.0240. The van der Waals surface area contributed by atoms with Crippen molar-refractivity contribution < 1.29 is 13.2 Å². The van der Waals surface area contributed by atoms with Crippen molar-refractivity contribution in [3.63, 3.8) is 0 Å². The molecule has 2 aromatic carbocycles. The van der Waals surface area contributed by atoms with Crippen LogP contribution < -0.4 is 15.4 Å². The summed E-state index contributed by atoms with van der Waals surface area (Å²) in [6.07, 6.45) is 0. The number of sulfonamides is 1. The Morgan fingerprint density at radius 3 is 2.56 bits per heavy atom. The van der Waals surface area contributed by atoms with E-state index in [-0.39, 0.29) is 17.3 Å². The molecular formula is C17H18ClN3O3S. The van der Waals surface area contributed by atoms with E-state index in [1.165, 1.54) is 6.07 Å². The summed E-state index contributed by atoms with van der Waals surface area (Å²) >= 11 is 6.12. The van der Waals surface area contributed by atoms with Gasteiger partial charge in [-0.2, -0.15) is 4.72 Å². The highest BCUT2D eigenvalue weighted by Gasteiger charge is 2.27. The maximum atomic E-state index is 12.7. The standard InChI is InChI=1S/C17H18ClN3O3S/c18-14-8-13(12-4-2-1-3-5-12)9-15(10-14)25(23,24)21-16-11-19-6-7-20-17(16)22/h1-5,8-10,16,19,21H,6-7,11H2,(H,20,22). The lowest BCUT2D eigenvalue weighted by Gasteiger charge is -2.16. The molecule has 3 rings (SSSR count). The minimum atomic E-state index is -3.90. The summed E-state index contributed by atoms with van der Waals surface area (Å²) in [5.41, 5.74) is 1.55. The fourth-order valence-electron chi connectivity index (χ4n) is 2.60. The van der Waals surface area contributed by atoms with Gasteiger partial charge in [0.25, 0.3) is 0 Å². The lowest BCUT2D eigenvalue weighted by Crippen LogP contribution is -2.48. The largest absolute Gasteiger partial charge is 0.353 e. The van der Waals surface area contributed by atoms with E-state index in [0.29, 0.717) is 23.7 Å². The molecule has 1 atom stereocenters. The molecule has 0 spiro atoms. The van der Waals surface area contributed by atoms with E-state index in [0.717, 1.165) is 5.56 Å². The molecule has 1 amide bonds. The van der Waals surface area contributed by atoms with Crippen molar-refractivity contribution in [2.75, 3.05) is 19.6 Å². The Morgan fingerprint density at radius 2 is 1.80 bits per heavy atom. The molecule has 1 heterocycles. The quantitative estimate of drug-likeness (QED) is 0.748. The van der Waals surface area contributed by atoms with Gasteiger partial charge in [0.2, 0.25) is 15.9 Å². The first-order valence-corrected chi connectivity index (χ1v) is 9.68. The van der Waals surface area contributed by atoms with Gasteiger partial charge in [0.05, 0.1) is 4.90 Å². The van der Waals surface area contributed by atoms with Crippen LogP contribution in [0.5, 0.6) is 0 Å². The van der Waals surface area contributed by atoms with Crippen molar-refractivity contribution in [2.45, 2.75) is 10.9 Å². The predicted molar refractivity (Wildman–Crippen MR) is 96.9 cm³/mol. The Morgan fingerprint density at radius 1 is 1.04 bits per heavy atom. The fourth-order valence-corrected chi connectivity index (χ4v) is 4.17. The van der Waals surface area contributed by atoms with Crippen LogP contribution in [0.1, 0.15) is 0 Å². The molecule has 0 aromatic heterocycles. The average molecular weight is 380 g/mol. The van der Waals surface area contributed by atoms with E-state index in [1.807, 2.05) is 30.3 Å². The maximum Gasteiger partial charge on any atom is 0.241 e. The summed E-state index contributed by atoms with van der Waals surface area (Å²) in [5, 5.41) is 5.99. The Balaban J connectivity index is 1.92. The Labute approximate surface area is 151 Å². The van der Waals surface area contributed by atoms with Crippen LogP contribution in [-0.2, 0) is 14.8 Å². The van der Waals surface area contributed by atoms with E-state index in [9.17, 15) is 13.2 Å². The highest BCUT2D eigenvalue weighted by molar-refractivity contribution is 7.89. The molecule has 8 heteroatoms. The predicted octanol–water partition coefficient (Wildman–Crippen LogP) is 1.37. The molecule has 0 radical (unpaired) electrons. The molecule has 1 aliphatic rings. The first-order chi connectivity index (χ1) is 12.0. The van der Waals surface area contributed by atoms with Crippen molar-refractivity contribution in [3.8, 4) is 11.1 Å². The monoisotopic (exact) mass is 379 g/mol. The molecule has 132 valence electrons. The third-order valence-corrected chi connectivity index (χ3v) is 5.52. The lowest BCUT2D eigenvalue weighted by atomic mass is 10.1. The molecule has 0 aliphatic carbocycles. The van der Waals surface area contributed by atoms with Gasteiger partial charge in [-0.25, -0.2) is 8.42 Å². The number of hydrogen-bond donors (Lipinski definition) is 3. The van der Waals surface area contributed by atoms with Crippen LogP contribution in [0.15, 0.2) is 53.4 Å². The van der Waals surface area contributed by atoms with Gasteiger partial charge in [-0.15, -0.1) is 0 Å². The second kappa shape index (κ2) is 7.53. The first-order valence-electron chi connectivity index (χ1n) is 7.82. The van der Waals surface area contributed by atoms with Crippen LogP contribution in [-0.4, -0.2) is 40.0 Å². The Kier molecular flexibility index (Phi) is 5.39. The van der Waals surface area contributed by atoms with Crippen LogP contribution in [0.25, 0.3) is 11.1 Å². The van der Waals surface area contributed by atoms with Crippen LogP contribution >= 0.6 is 11.6 Å². The summed E-state index contributed by atoms with van der Waals surface area (Å²) in [4.78, 5) is 12.0. The molecule has 6 nitrogen and oxygen atoms in total. The van der Waals surface area contributed by atoms with Gasteiger partial charge < -0.3 is 10.6 Å². The SMILES string of the molecule is O=C1NCCNCC1NS(=O)(=O)c1cc(Cl)cc(-c2ccccc2)c1. The zero-order valence-electron chi connectivity index (χ0n) is 13.3. The Hall–Kier alpha value is -1.93. The summed E-state index contributed by atoms with van der Waals surface area (Å²) in [6.45, 7) is 1.29. The second-order valence-corrected chi connectivity index (χ2v) is 7.86. The minimum Gasteiger partial charge on any atom is -0.353 e. The highest BCUT2D eigenvalue weighted by Crippen LogP contribution is 2.27. The molecule has 1 aliphatic heterocycles. The van der Waals surface area contributed by atoms with Gasteiger partial charge >= 0.3 is 0 Å². The van der Waals surface area contributed by atoms with E-state index >= 15 is 0 Å². The van der Waals surface area contributed by atoms with Gasteiger partial charge in [-0.1, -0.05) is 41.9 Å². The van der Waals surface area contributed by atoms with Crippen molar-refractivity contribution in [1.29, 1.82) is 0 Å². The van der Waals surface area contributed by atoms with Gasteiger partial charge in [0, 0.05) is 24.7 Å². The topological polar surface area (TPSA) is 87.3 Å². The average Bonchev–Trinajstić information content (AvgIpc) is 2.79.